The van der Waals surface area contributed by atoms with Gasteiger partial charge >= 0.3 is 6.18 Å². The first-order valence-electron chi connectivity index (χ1n) is 10.7. The van der Waals surface area contributed by atoms with Crippen molar-refractivity contribution in [1.82, 2.24) is 14.9 Å². The molecule has 1 amide bonds. The Morgan fingerprint density at radius 3 is 2.56 bits per heavy atom. The standard InChI is InChI=1S/C24H23F3N4O2S/c1-17-29-20(16-34-17)15-33-21-5-3-2-4-18(21)6-9-23(32)31-12-10-30(11-13-31)22-8-7-19(14-28-22)24(25,26)27/h2-9,14,16H,10-13,15H2,1H3/b9-6+. The highest BCUT2D eigenvalue weighted by atomic mass is 32.1. The van der Waals surface area contributed by atoms with Crippen molar-refractivity contribution in [3.63, 3.8) is 0 Å². The molecule has 1 saturated heterocycles. The second kappa shape index (κ2) is 10.3. The number of alkyl halides is 3. The molecule has 178 valence electrons. The minimum absolute atomic E-state index is 0.134. The zero-order valence-electron chi connectivity index (χ0n) is 18.5. The Bertz CT molecular complexity index is 1150. The lowest BCUT2D eigenvalue weighted by atomic mass is 10.2. The van der Waals surface area contributed by atoms with E-state index in [0.29, 0.717) is 44.4 Å². The second-order valence-electron chi connectivity index (χ2n) is 7.73. The number of rotatable bonds is 6. The number of nitrogens with zero attached hydrogens (tertiary/aromatic N) is 4. The minimum atomic E-state index is -4.41. The predicted molar refractivity (Wildman–Crippen MR) is 125 cm³/mol. The van der Waals surface area contributed by atoms with Crippen LogP contribution >= 0.6 is 11.3 Å². The molecule has 6 nitrogen and oxygen atoms in total. The summed E-state index contributed by atoms with van der Waals surface area (Å²) in [5.41, 5.74) is 0.870. The van der Waals surface area contributed by atoms with Crippen LogP contribution in [0.5, 0.6) is 5.75 Å². The lowest BCUT2D eigenvalue weighted by molar-refractivity contribution is -0.137. The molecule has 1 aliphatic heterocycles. The molecule has 3 heterocycles. The summed E-state index contributed by atoms with van der Waals surface area (Å²) >= 11 is 1.57. The van der Waals surface area contributed by atoms with Crippen LogP contribution in [0.2, 0.25) is 0 Å². The molecule has 1 fully saturated rings. The summed E-state index contributed by atoms with van der Waals surface area (Å²) in [6, 6.07) is 9.86. The van der Waals surface area contributed by atoms with Gasteiger partial charge in [-0.1, -0.05) is 18.2 Å². The predicted octanol–water partition coefficient (Wildman–Crippen LogP) is 4.81. The number of amides is 1. The fourth-order valence-corrected chi connectivity index (χ4v) is 4.14. The lowest BCUT2D eigenvalue weighted by Gasteiger charge is -2.35. The fourth-order valence-electron chi connectivity index (χ4n) is 3.54. The summed E-state index contributed by atoms with van der Waals surface area (Å²) < 4.78 is 44.1. The second-order valence-corrected chi connectivity index (χ2v) is 8.80. The monoisotopic (exact) mass is 488 g/mol. The van der Waals surface area contributed by atoms with Gasteiger partial charge in [0.15, 0.2) is 0 Å². The van der Waals surface area contributed by atoms with E-state index in [2.05, 4.69) is 9.97 Å². The average molecular weight is 489 g/mol. The number of halogens is 3. The van der Waals surface area contributed by atoms with Gasteiger partial charge in [0.2, 0.25) is 5.91 Å². The van der Waals surface area contributed by atoms with Crippen molar-refractivity contribution in [3.8, 4) is 5.75 Å². The van der Waals surface area contributed by atoms with Crippen LogP contribution in [0.1, 0.15) is 21.8 Å². The number of carbonyl (C=O) groups is 1. The minimum Gasteiger partial charge on any atom is -0.487 e. The summed E-state index contributed by atoms with van der Waals surface area (Å²) in [5.74, 6) is 0.998. The number of hydrogen-bond acceptors (Lipinski definition) is 6. The van der Waals surface area contributed by atoms with E-state index in [1.165, 1.54) is 12.1 Å². The van der Waals surface area contributed by atoms with Crippen molar-refractivity contribution in [1.29, 1.82) is 0 Å². The molecule has 3 aromatic rings. The third-order valence-corrected chi connectivity index (χ3v) is 6.18. The van der Waals surface area contributed by atoms with E-state index in [4.69, 9.17) is 4.74 Å². The molecule has 2 aromatic heterocycles. The van der Waals surface area contributed by atoms with Crippen LogP contribution in [0.25, 0.3) is 6.08 Å². The van der Waals surface area contributed by atoms with Crippen molar-refractivity contribution in [2.24, 2.45) is 0 Å². The number of thiazole rings is 1. The highest BCUT2D eigenvalue weighted by Crippen LogP contribution is 2.29. The Morgan fingerprint density at radius 1 is 1.15 bits per heavy atom. The number of anilines is 1. The van der Waals surface area contributed by atoms with E-state index in [0.717, 1.165) is 28.5 Å². The number of benzene rings is 1. The van der Waals surface area contributed by atoms with Crippen LogP contribution in [0.3, 0.4) is 0 Å². The Morgan fingerprint density at radius 2 is 1.91 bits per heavy atom. The molecular formula is C24H23F3N4O2S. The summed E-state index contributed by atoms with van der Waals surface area (Å²) in [6.45, 7) is 4.18. The number of aromatic nitrogens is 2. The summed E-state index contributed by atoms with van der Waals surface area (Å²) in [5, 5.41) is 2.93. The molecule has 1 aromatic carbocycles. The molecule has 0 unspecified atom stereocenters. The third kappa shape index (κ3) is 5.93. The van der Waals surface area contributed by atoms with Crippen LogP contribution in [-0.2, 0) is 17.6 Å². The number of piperazine rings is 1. The van der Waals surface area contributed by atoms with Gasteiger partial charge in [-0.3, -0.25) is 4.79 Å². The summed E-state index contributed by atoms with van der Waals surface area (Å²) in [4.78, 5) is 24.6. The van der Waals surface area contributed by atoms with E-state index >= 15 is 0 Å². The lowest BCUT2D eigenvalue weighted by Crippen LogP contribution is -2.48. The zero-order chi connectivity index (χ0) is 24.1. The highest BCUT2D eigenvalue weighted by Gasteiger charge is 2.31. The van der Waals surface area contributed by atoms with Gasteiger partial charge in [-0.15, -0.1) is 11.3 Å². The maximum absolute atomic E-state index is 12.7. The fraction of sp³-hybridized carbons (Fsp3) is 0.292. The quantitative estimate of drug-likeness (QED) is 0.467. The van der Waals surface area contributed by atoms with E-state index in [9.17, 15) is 18.0 Å². The third-order valence-electron chi connectivity index (χ3n) is 5.36. The van der Waals surface area contributed by atoms with Crippen LogP contribution < -0.4 is 9.64 Å². The van der Waals surface area contributed by atoms with Crippen LogP contribution in [0.15, 0.2) is 54.1 Å². The van der Waals surface area contributed by atoms with E-state index in [1.54, 1.807) is 22.3 Å². The number of pyridine rings is 1. The molecule has 0 N–H and O–H groups in total. The first kappa shape index (κ1) is 23.7. The molecule has 0 radical (unpaired) electrons. The zero-order valence-corrected chi connectivity index (χ0v) is 19.3. The van der Waals surface area contributed by atoms with E-state index in [1.807, 2.05) is 41.5 Å². The van der Waals surface area contributed by atoms with Gasteiger partial charge < -0.3 is 14.5 Å². The number of carbonyl (C=O) groups excluding carboxylic acids is 1. The van der Waals surface area contributed by atoms with Crippen molar-refractivity contribution in [2.75, 3.05) is 31.1 Å². The topological polar surface area (TPSA) is 58.6 Å². The first-order chi connectivity index (χ1) is 16.3. The Labute approximate surface area is 199 Å². The van der Waals surface area contributed by atoms with Crippen molar-refractivity contribution in [2.45, 2.75) is 19.7 Å². The van der Waals surface area contributed by atoms with Crippen molar-refractivity contribution < 1.29 is 22.7 Å². The van der Waals surface area contributed by atoms with Gasteiger partial charge in [-0.05, 0) is 31.2 Å². The van der Waals surface area contributed by atoms with Gasteiger partial charge in [0.1, 0.15) is 18.2 Å². The molecule has 0 atom stereocenters. The van der Waals surface area contributed by atoms with Gasteiger partial charge in [-0.25, -0.2) is 9.97 Å². The smallest absolute Gasteiger partial charge is 0.417 e. The molecule has 10 heteroatoms. The number of hydrogen-bond donors (Lipinski definition) is 0. The molecular weight excluding hydrogens is 465 g/mol. The van der Waals surface area contributed by atoms with E-state index in [-0.39, 0.29) is 5.91 Å². The summed E-state index contributed by atoms with van der Waals surface area (Å²) in [6.07, 6.45) is -0.327. The largest absolute Gasteiger partial charge is 0.487 e. The Balaban J connectivity index is 1.32. The van der Waals surface area contributed by atoms with Gasteiger partial charge in [-0.2, -0.15) is 13.2 Å². The maximum Gasteiger partial charge on any atom is 0.417 e. The number of ether oxygens (including phenoxy) is 1. The van der Waals surface area contributed by atoms with E-state index < -0.39 is 11.7 Å². The molecule has 0 bridgehead atoms. The van der Waals surface area contributed by atoms with Crippen molar-refractivity contribution in [3.05, 3.63) is 75.9 Å². The van der Waals surface area contributed by atoms with Crippen LogP contribution in [0.4, 0.5) is 19.0 Å². The normalized spacial score (nSPS) is 14.6. The maximum atomic E-state index is 12.7. The highest BCUT2D eigenvalue weighted by molar-refractivity contribution is 7.09. The molecule has 0 aliphatic carbocycles. The Kier molecular flexibility index (Phi) is 7.16. The Hall–Kier alpha value is -3.40. The van der Waals surface area contributed by atoms with Crippen molar-refractivity contribution >= 4 is 29.1 Å². The molecule has 0 spiro atoms. The molecule has 0 saturated carbocycles. The van der Waals surface area contributed by atoms with Crippen LogP contribution in [-0.4, -0.2) is 47.0 Å². The number of aryl methyl sites for hydroxylation is 1. The average Bonchev–Trinajstić information content (AvgIpc) is 3.26. The van der Waals surface area contributed by atoms with Gasteiger partial charge in [0.05, 0.1) is 16.3 Å². The van der Waals surface area contributed by atoms with Crippen LogP contribution in [0, 0.1) is 6.92 Å². The number of para-hydroxylation sites is 1. The van der Waals surface area contributed by atoms with Gasteiger partial charge in [0, 0.05) is 49.4 Å². The summed E-state index contributed by atoms with van der Waals surface area (Å²) in [7, 11) is 0. The SMILES string of the molecule is Cc1nc(COc2ccccc2/C=C/C(=O)N2CCN(c3ccc(C(F)(F)F)cn3)CC2)cs1. The molecule has 4 rings (SSSR count). The molecule has 1 aliphatic rings. The molecule has 34 heavy (non-hydrogen) atoms. The first-order valence-corrected chi connectivity index (χ1v) is 11.6. The van der Waals surface area contributed by atoms with Gasteiger partial charge in [0.25, 0.3) is 0 Å².